The summed E-state index contributed by atoms with van der Waals surface area (Å²) in [7, 11) is 1.80. The fraction of sp³-hybridized carbons (Fsp3) is 0.409. The van der Waals surface area contributed by atoms with E-state index < -0.39 is 23.7 Å². The standard InChI is InChI=1S/C22H21ClN4O3S/c1-3-15(28)22-9-13(22)18(19(29)20(22)30)27-10-25-17-14(24-2)8-11(26-21(17)27)4-5-12-6-7-16(23)31-12/h6-8,10,13,18-20,29-30H,3,9H2,1-2H3,(H,24,26)/t13-,18-,19?,20-,22-/m1/s1. The lowest BCUT2D eigenvalue weighted by atomic mass is 9.92. The van der Waals surface area contributed by atoms with Crippen LogP contribution in [0.1, 0.15) is 36.4 Å². The Morgan fingerprint density at radius 3 is 2.90 bits per heavy atom. The highest BCUT2D eigenvalue weighted by molar-refractivity contribution is 7.16. The number of ketones is 1. The third kappa shape index (κ3) is 2.99. The van der Waals surface area contributed by atoms with Gasteiger partial charge in [-0.25, -0.2) is 9.97 Å². The van der Waals surface area contributed by atoms with E-state index in [0.717, 1.165) is 10.6 Å². The fourth-order valence-corrected chi connectivity index (χ4v) is 5.86. The second-order valence-electron chi connectivity index (χ2n) is 8.04. The number of nitrogens with one attached hydrogen (secondary N) is 1. The first-order chi connectivity index (χ1) is 14.9. The largest absolute Gasteiger partial charge is 0.389 e. The van der Waals surface area contributed by atoms with Gasteiger partial charge in [0.15, 0.2) is 5.65 Å². The molecule has 7 nitrogen and oxygen atoms in total. The zero-order valence-electron chi connectivity index (χ0n) is 17.0. The number of carbonyl (C=O) groups is 1. The van der Waals surface area contributed by atoms with Gasteiger partial charge in [-0.15, -0.1) is 11.3 Å². The van der Waals surface area contributed by atoms with E-state index >= 15 is 0 Å². The second kappa shape index (κ2) is 7.31. The third-order valence-corrected chi connectivity index (χ3v) is 7.67. The summed E-state index contributed by atoms with van der Waals surface area (Å²) < 4.78 is 2.46. The van der Waals surface area contributed by atoms with Gasteiger partial charge in [-0.3, -0.25) is 4.79 Å². The Balaban J connectivity index is 1.58. The molecule has 3 aromatic heterocycles. The molecule has 31 heavy (non-hydrogen) atoms. The van der Waals surface area contributed by atoms with E-state index in [1.165, 1.54) is 11.3 Å². The van der Waals surface area contributed by atoms with Crippen LogP contribution in [0.4, 0.5) is 5.69 Å². The summed E-state index contributed by atoms with van der Waals surface area (Å²) in [5.74, 6) is 6.01. The number of carbonyl (C=O) groups excluding carboxylic acids is 1. The number of aliphatic hydroxyl groups is 2. The fourth-order valence-electron chi connectivity index (χ4n) is 4.96. The average Bonchev–Trinajstić information content (AvgIpc) is 3.02. The van der Waals surface area contributed by atoms with Crippen LogP contribution in [-0.4, -0.2) is 49.8 Å². The molecule has 5 atom stereocenters. The number of Topliss-reactive ketones (excluding diaryl/α,β-unsaturated/α-hetero) is 1. The van der Waals surface area contributed by atoms with E-state index in [9.17, 15) is 15.0 Å². The van der Waals surface area contributed by atoms with Crippen LogP contribution in [0.5, 0.6) is 0 Å². The van der Waals surface area contributed by atoms with E-state index in [4.69, 9.17) is 16.6 Å². The van der Waals surface area contributed by atoms with Gasteiger partial charge in [0.05, 0.1) is 38.8 Å². The molecule has 2 aliphatic rings. The summed E-state index contributed by atoms with van der Waals surface area (Å²) in [6, 6.07) is 5.01. The molecule has 0 spiro atoms. The summed E-state index contributed by atoms with van der Waals surface area (Å²) in [6.07, 6.45) is 0.393. The molecule has 0 saturated heterocycles. The smallest absolute Gasteiger partial charge is 0.163 e. The molecule has 3 heterocycles. The summed E-state index contributed by atoms with van der Waals surface area (Å²) in [5.41, 5.74) is 1.66. The van der Waals surface area contributed by atoms with Crippen molar-refractivity contribution in [3.63, 3.8) is 0 Å². The lowest BCUT2D eigenvalue weighted by molar-refractivity contribution is -0.130. The van der Waals surface area contributed by atoms with Crippen LogP contribution < -0.4 is 5.32 Å². The number of nitrogens with zero attached hydrogens (tertiary/aromatic N) is 3. The normalized spacial score (nSPS) is 28.8. The van der Waals surface area contributed by atoms with Crippen molar-refractivity contribution in [2.45, 2.75) is 38.0 Å². The van der Waals surface area contributed by atoms with Crippen LogP contribution in [0.15, 0.2) is 24.5 Å². The predicted octanol–water partition coefficient (Wildman–Crippen LogP) is 2.85. The van der Waals surface area contributed by atoms with E-state index in [-0.39, 0.29) is 11.7 Å². The van der Waals surface area contributed by atoms with Gasteiger partial charge in [0, 0.05) is 13.5 Å². The first kappa shape index (κ1) is 20.5. The monoisotopic (exact) mass is 456 g/mol. The van der Waals surface area contributed by atoms with E-state index in [1.807, 2.05) is 12.1 Å². The minimum atomic E-state index is -1.08. The second-order valence-corrected chi connectivity index (χ2v) is 9.75. The molecule has 3 N–H and O–H groups in total. The Morgan fingerprint density at radius 1 is 1.42 bits per heavy atom. The van der Waals surface area contributed by atoms with Crippen molar-refractivity contribution >= 4 is 45.6 Å². The van der Waals surface area contributed by atoms with E-state index in [2.05, 4.69) is 22.1 Å². The lowest BCUT2D eigenvalue weighted by Crippen LogP contribution is -2.37. The lowest BCUT2D eigenvalue weighted by Gasteiger charge is -2.23. The summed E-state index contributed by atoms with van der Waals surface area (Å²) >= 11 is 7.37. The minimum absolute atomic E-state index is 0.000934. The summed E-state index contributed by atoms with van der Waals surface area (Å²) in [5, 5.41) is 24.6. The van der Waals surface area contributed by atoms with E-state index in [0.29, 0.717) is 34.0 Å². The number of pyridine rings is 1. The maximum absolute atomic E-state index is 12.5. The number of aromatic nitrogens is 3. The van der Waals surface area contributed by atoms with Crippen molar-refractivity contribution in [3.05, 3.63) is 39.4 Å². The van der Waals surface area contributed by atoms with Gasteiger partial charge in [0.25, 0.3) is 0 Å². The number of rotatable bonds is 4. The molecule has 2 aliphatic carbocycles. The maximum Gasteiger partial charge on any atom is 0.163 e. The molecule has 5 rings (SSSR count). The van der Waals surface area contributed by atoms with Crippen LogP contribution in [0, 0.1) is 23.2 Å². The third-order valence-electron chi connectivity index (χ3n) is 6.52. The van der Waals surface area contributed by atoms with Crippen LogP contribution in [-0.2, 0) is 4.79 Å². The number of fused-ring (bicyclic) bond motifs is 2. The maximum atomic E-state index is 12.5. The molecule has 1 unspecified atom stereocenters. The first-order valence-electron chi connectivity index (χ1n) is 10.1. The summed E-state index contributed by atoms with van der Waals surface area (Å²) in [6.45, 7) is 1.79. The van der Waals surface area contributed by atoms with Gasteiger partial charge in [-0.2, -0.15) is 0 Å². The summed E-state index contributed by atoms with van der Waals surface area (Å²) in [4.78, 5) is 22.6. The number of halogens is 1. The van der Waals surface area contributed by atoms with Gasteiger partial charge in [0.1, 0.15) is 23.1 Å². The van der Waals surface area contributed by atoms with Crippen molar-refractivity contribution in [1.82, 2.24) is 14.5 Å². The number of thiophene rings is 1. The average molecular weight is 457 g/mol. The van der Waals surface area contributed by atoms with Gasteiger partial charge in [0.2, 0.25) is 0 Å². The Labute approximate surface area is 188 Å². The number of hydrogen-bond donors (Lipinski definition) is 3. The van der Waals surface area contributed by atoms with Crippen LogP contribution in [0.25, 0.3) is 11.2 Å². The molecular weight excluding hydrogens is 436 g/mol. The molecule has 3 aromatic rings. The number of anilines is 1. The highest BCUT2D eigenvalue weighted by Gasteiger charge is 2.74. The van der Waals surface area contributed by atoms with Crippen molar-refractivity contribution in [2.24, 2.45) is 11.3 Å². The number of hydrogen-bond acceptors (Lipinski definition) is 7. The molecule has 0 aliphatic heterocycles. The Hall–Kier alpha value is -2.44. The molecule has 0 bridgehead atoms. The van der Waals surface area contributed by atoms with Crippen molar-refractivity contribution in [1.29, 1.82) is 0 Å². The number of imidazole rings is 1. The molecule has 0 aromatic carbocycles. The van der Waals surface area contributed by atoms with Crippen LogP contribution >= 0.6 is 22.9 Å². The van der Waals surface area contributed by atoms with Gasteiger partial charge < -0.3 is 20.1 Å². The molecule has 9 heteroatoms. The van der Waals surface area contributed by atoms with Gasteiger partial charge in [-0.1, -0.05) is 18.5 Å². The first-order valence-corrected chi connectivity index (χ1v) is 11.3. The van der Waals surface area contributed by atoms with Crippen LogP contribution in [0.2, 0.25) is 4.34 Å². The molecule has 0 amide bonds. The van der Waals surface area contributed by atoms with E-state index in [1.54, 1.807) is 30.9 Å². The zero-order valence-corrected chi connectivity index (χ0v) is 18.5. The topological polar surface area (TPSA) is 100 Å². The molecular formula is C22H21ClN4O3S. The van der Waals surface area contributed by atoms with Gasteiger partial charge >= 0.3 is 0 Å². The van der Waals surface area contributed by atoms with Crippen molar-refractivity contribution < 1.29 is 15.0 Å². The molecule has 2 fully saturated rings. The minimum Gasteiger partial charge on any atom is -0.389 e. The van der Waals surface area contributed by atoms with Crippen LogP contribution in [0.3, 0.4) is 0 Å². The molecule has 0 radical (unpaired) electrons. The highest BCUT2D eigenvalue weighted by atomic mass is 35.5. The highest BCUT2D eigenvalue weighted by Crippen LogP contribution is 2.68. The van der Waals surface area contributed by atoms with Gasteiger partial charge in [-0.05, 0) is 42.4 Å². The SMILES string of the molecule is CCC(=O)[C@@]12C[C@@H]1[C@@H](n1cnc3c(NC)cc(C#Cc4ccc(Cl)s4)nc31)C(O)[C@H]2O. The van der Waals surface area contributed by atoms with Crippen molar-refractivity contribution in [2.75, 3.05) is 12.4 Å². The predicted molar refractivity (Wildman–Crippen MR) is 119 cm³/mol. The molecule has 2 saturated carbocycles. The molecule has 160 valence electrons. The Kier molecular flexibility index (Phi) is 4.83. The Bertz CT molecular complexity index is 1260. The Morgan fingerprint density at radius 2 is 2.23 bits per heavy atom. The number of aliphatic hydroxyl groups excluding tert-OH is 2. The zero-order chi connectivity index (χ0) is 21.9. The quantitative estimate of drug-likeness (QED) is 0.522. The van der Waals surface area contributed by atoms with Crippen molar-refractivity contribution in [3.8, 4) is 11.8 Å².